The first kappa shape index (κ1) is 13.9. The molecule has 0 unspecified atom stereocenters. The van der Waals surface area contributed by atoms with E-state index in [1.807, 2.05) is 36.4 Å². The van der Waals surface area contributed by atoms with Gasteiger partial charge in [-0.2, -0.15) is 0 Å². The van der Waals surface area contributed by atoms with Crippen LogP contribution in [-0.4, -0.2) is 20.2 Å². The van der Waals surface area contributed by atoms with E-state index in [-0.39, 0.29) is 0 Å². The van der Waals surface area contributed by atoms with Gasteiger partial charge in [0.2, 0.25) is 0 Å². The van der Waals surface area contributed by atoms with Gasteiger partial charge < -0.3 is 5.32 Å². The molecule has 3 rings (SSSR count). The SMILES string of the molecule is Clc1cccc(CNc2ccc(-n3cnnn3)cc2)c1Cl. The standard InChI is InChI=1S/C14H11Cl2N5/c15-13-3-1-2-10(14(13)16)8-17-11-4-6-12(7-5-11)21-9-18-19-20-21/h1-7,9,17H,8H2. The summed E-state index contributed by atoms with van der Waals surface area (Å²) in [4.78, 5) is 0. The van der Waals surface area contributed by atoms with Gasteiger partial charge >= 0.3 is 0 Å². The number of hydrogen-bond donors (Lipinski definition) is 1. The molecule has 106 valence electrons. The van der Waals surface area contributed by atoms with E-state index in [1.54, 1.807) is 17.1 Å². The molecule has 1 heterocycles. The van der Waals surface area contributed by atoms with Crippen molar-refractivity contribution in [3.8, 4) is 5.69 Å². The van der Waals surface area contributed by atoms with Crippen molar-refractivity contribution >= 4 is 28.9 Å². The van der Waals surface area contributed by atoms with Gasteiger partial charge in [0.05, 0.1) is 15.7 Å². The molecule has 0 aliphatic carbocycles. The monoisotopic (exact) mass is 319 g/mol. The highest BCUT2D eigenvalue weighted by atomic mass is 35.5. The summed E-state index contributed by atoms with van der Waals surface area (Å²) in [6.45, 7) is 0.601. The maximum atomic E-state index is 6.15. The second-order valence-electron chi connectivity index (χ2n) is 4.37. The molecule has 1 N–H and O–H groups in total. The number of benzene rings is 2. The van der Waals surface area contributed by atoms with E-state index >= 15 is 0 Å². The maximum Gasteiger partial charge on any atom is 0.143 e. The summed E-state index contributed by atoms with van der Waals surface area (Å²) < 4.78 is 1.59. The van der Waals surface area contributed by atoms with Crippen LogP contribution in [0.15, 0.2) is 48.8 Å². The van der Waals surface area contributed by atoms with E-state index in [0.717, 1.165) is 16.9 Å². The molecule has 0 saturated heterocycles. The van der Waals surface area contributed by atoms with Gasteiger partial charge in [0.1, 0.15) is 6.33 Å². The fourth-order valence-corrected chi connectivity index (χ4v) is 2.28. The number of halogens is 2. The Labute approximate surface area is 131 Å². The largest absolute Gasteiger partial charge is 0.381 e. The van der Waals surface area contributed by atoms with Crippen LogP contribution in [0.4, 0.5) is 5.69 Å². The van der Waals surface area contributed by atoms with E-state index in [1.165, 1.54) is 0 Å². The summed E-state index contributed by atoms with van der Waals surface area (Å²) in [5.74, 6) is 0. The lowest BCUT2D eigenvalue weighted by molar-refractivity contribution is 0.789. The summed E-state index contributed by atoms with van der Waals surface area (Å²) in [5, 5.41) is 15.5. The van der Waals surface area contributed by atoms with Crippen LogP contribution in [0.2, 0.25) is 10.0 Å². The van der Waals surface area contributed by atoms with E-state index in [2.05, 4.69) is 20.8 Å². The van der Waals surface area contributed by atoms with Gasteiger partial charge in [-0.15, -0.1) is 5.10 Å². The third-order valence-electron chi connectivity index (χ3n) is 3.00. The minimum Gasteiger partial charge on any atom is -0.381 e. The van der Waals surface area contributed by atoms with Gasteiger partial charge in [-0.05, 0) is 46.3 Å². The van der Waals surface area contributed by atoms with Crippen molar-refractivity contribution in [3.05, 3.63) is 64.4 Å². The summed E-state index contributed by atoms with van der Waals surface area (Å²) in [7, 11) is 0. The van der Waals surface area contributed by atoms with Crippen molar-refractivity contribution < 1.29 is 0 Å². The Morgan fingerprint density at radius 3 is 2.57 bits per heavy atom. The number of anilines is 1. The number of nitrogens with zero attached hydrogens (tertiary/aromatic N) is 4. The molecule has 0 atom stereocenters. The molecule has 2 aromatic carbocycles. The number of nitrogens with one attached hydrogen (secondary N) is 1. The molecule has 0 bridgehead atoms. The van der Waals surface area contributed by atoms with Crippen LogP contribution in [0.1, 0.15) is 5.56 Å². The first-order chi connectivity index (χ1) is 10.2. The summed E-state index contributed by atoms with van der Waals surface area (Å²) in [6.07, 6.45) is 1.55. The topological polar surface area (TPSA) is 55.6 Å². The zero-order valence-electron chi connectivity index (χ0n) is 10.9. The zero-order chi connectivity index (χ0) is 14.7. The molecule has 3 aromatic rings. The van der Waals surface area contributed by atoms with Crippen LogP contribution < -0.4 is 5.32 Å². The molecule has 0 saturated carbocycles. The lowest BCUT2D eigenvalue weighted by atomic mass is 10.2. The second-order valence-corrected chi connectivity index (χ2v) is 5.15. The lowest BCUT2D eigenvalue weighted by Crippen LogP contribution is -2.01. The summed E-state index contributed by atoms with van der Waals surface area (Å²) in [5.41, 5.74) is 2.82. The molecule has 0 aliphatic rings. The Morgan fingerprint density at radius 1 is 1.05 bits per heavy atom. The average Bonchev–Trinajstić information content (AvgIpc) is 3.04. The van der Waals surface area contributed by atoms with Crippen molar-refractivity contribution in [2.45, 2.75) is 6.54 Å². The third kappa shape index (κ3) is 3.15. The van der Waals surface area contributed by atoms with Crippen molar-refractivity contribution in [1.82, 2.24) is 20.2 Å². The van der Waals surface area contributed by atoms with Crippen LogP contribution in [0, 0.1) is 0 Å². The Kier molecular flexibility index (Phi) is 4.03. The molecule has 1 aromatic heterocycles. The molecule has 0 aliphatic heterocycles. The number of tetrazole rings is 1. The smallest absolute Gasteiger partial charge is 0.143 e. The molecule has 0 amide bonds. The van der Waals surface area contributed by atoms with Gasteiger partial charge in [0.25, 0.3) is 0 Å². The van der Waals surface area contributed by atoms with E-state index in [4.69, 9.17) is 23.2 Å². The highest BCUT2D eigenvalue weighted by molar-refractivity contribution is 6.42. The van der Waals surface area contributed by atoms with Crippen LogP contribution in [0.3, 0.4) is 0 Å². The highest BCUT2D eigenvalue weighted by Crippen LogP contribution is 2.26. The second kappa shape index (κ2) is 6.11. The first-order valence-corrected chi connectivity index (χ1v) is 7.00. The Hall–Kier alpha value is -2.11. The minimum atomic E-state index is 0.560. The van der Waals surface area contributed by atoms with Crippen LogP contribution in [-0.2, 0) is 6.54 Å². The number of hydrogen-bond acceptors (Lipinski definition) is 4. The van der Waals surface area contributed by atoms with Gasteiger partial charge in [-0.25, -0.2) is 4.68 Å². The Morgan fingerprint density at radius 2 is 1.86 bits per heavy atom. The quantitative estimate of drug-likeness (QED) is 0.798. The molecule has 5 nitrogen and oxygen atoms in total. The predicted octanol–water partition coefficient (Wildman–Crippen LogP) is 3.58. The van der Waals surface area contributed by atoms with E-state index < -0.39 is 0 Å². The summed E-state index contributed by atoms with van der Waals surface area (Å²) in [6, 6.07) is 13.4. The molecular formula is C14H11Cl2N5. The van der Waals surface area contributed by atoms with Crippen LogP contribution in [0.5, 0.6) is 0 Å². The van der Waals surface area contributed by atoms with E-state index in [0.29, 0.717) is 16.6 Å². The van der Waals surface area contributed by atoms with E-state index in [9.17, 15) is 0 Å². The van der Waals surface area contributed by atoms with Crippen molar-refractivity contribution in [1.29, 1.82) is 0 Å². The van der Waals surface area contributed by atoms with Crippen molar-refractivity contribution in [2.24, 2.45) is 0 Å². The lowest BCUT2D eigenvalue weighted by Gasteiger charge is -2.09. The van der Waals surface area contributed by atoms with Crippen LogP contribution in [0.25, 0.3) is 5.69 Å². The number of rotatable bonds is 4. The average molecular weight is 320 g/mol. The normalized spacial score (nSPS) is 10.6. The van der Waals surface area contributed by atoms with Crippen LogP contribution >= 0.6 is 23.2 Å². The van der Waals surface area contributed by atoms with Crippen molar-refractivity contribution in [2.75, 3.05) is 5.32 Å². The molecule has 0 fully saturated rings. The van der Waals surface area contributed by atoms with Gasteiger partial charge in [0.15, 0.2) is 0 Å². The van der Waals surface area contributed by atoms with Gasteiger partial charge in [-0.3, -0.25) is 0 Å². The minimum absolute atomic E-state index is 0.560. The fraction of sp³-hybridized carbons (Fsp3) is 0.0714. The highest BCUT2D eigenvalue weighted by Gasteiger charge is 2.04. The summed E-state index contributed by atoms with van der Waals surface area (Å²) >= 11 is 12.1. The van der Waals surface area contributed by atoms with Gasteiger partial charge in [-0.1, -0.05) is 35.3 Å². The number of aromatic nitrogens is 4. The maximum absolute atomic E-state index is 6.15. The predicted molar refractivity (Wildman–Crippen MR) is 82.9 cm³/mol. The van der Waals surface area contributed by atoms with Crippen molar-refractivity contribution in [3.63, 3.8) is 0 Å². The zero-order valence-corrected chi connectivity index (χ0v) is 12.4. The third-order valence-corrected chi connectivity index (χ3v) is 3.85. The Balaban J connectivity index is 1.70. The fourth-order valence-electron chi connectivity index (χ4n) is 1.89. The molecule has 21 heavy (non-hydrogen) atoms. The molecular weight excluding hydrogens is 309 g/mol. The van der Waals surface area contributed by atoms with Gasteiger partial charge in [0, 0.05) is 12.2 Å². The Bertz CT molecular complexity index is 726. The molecule has 0 radical (unpaired) electrons. The first-order valence-electron chi connectivity index (χ1n) is 6.24. The molecule has 7 heteroatoms. The molecule has 0 spiro atoms.